The van der Waals surface area contributed by atoms with Crippen LogP contribution in [-0.4, -0.2) is 33.0 Å². The molecule has 0 unspecified atom stereocenters. The molecule has 1 aromatic carbocycles. The molecule has 1 heterocycles. The zero-order valence-corrected chi connectivity index (χ0v) is 14.7. The third-order valence-corrected chi connectivity index (χ3v) is 6.17. The van der Waals surface area contributed by atoms with Gasteiger partial charge in [-0.1, -0.05) is 17.7 Å². The van der Waals surface area contributed by atoms with E-state index in [0.29, 0.717) is 24.6 Å². The van der Waals surface area contributed by atoms with E-state index in [1.807, 2.05) is 42.8 Å². The van der Waals surface area contributed by atoms with Gasteiger partial charge in [0.05, 0.1) is 11.5 Å². The summed E-state index contributed by atoms with van der Waals surface area (Å²) < 4.78 is 32.5. The number of aryl methyl sites for hydroxylation is 2. The van der Waals surface area contributed by atoms with Crippen LogP contribution in [-0.2, 0) is 21.3 Å². The van der Waals surface area contributed by atoms with E-state index in [1.54, 1.807) is 24.5 Å². The van der Waals surface area contributed by atoms with Crippen molar-refractivity contribution in [3.63, 3.8) is 0 Å². The Bertz CT molecular complexity index is 709. The minimum Gasteiger partial charge on any atom is -0.383 e. The molecule has 0 atom stereocenters. The average molecular weight is 339 g/mol. The van der Waals surface area contributed by atoms with Crippen molar-refractivity contribution in [1.82, 2.24) is 4.31 Å². The van der Waals surface area contributed by atoms with Gasteiger partial charge in [0.1, 0.15) is 0 Å². The molecule has 2 aromatic rings. The Morgan fingerprint density at radius 2 is 2.00 bits per heavy atom. The average Bonchev–Trinajstić information content (AvgIpc) is 2.95. The predicted octanol–water partition coefficient (Wildman–Crippen LogP) is 3.20. The minimum atomic E-state index is -3.54. The van der Waals surface area contributed by atoms with Gasteiger partial charge in [-0.15, -0.1) is 0 Å². The van der Waals surface area contributed by atoms with E-state index < -0.39 is 10.0 Å². The maximum absolute atomic E-state index is 13.0. The fourth-order valence-electron chi connectivity index (χ4n) is 2.29. The van der Waals surface area contributed by atoms with Crippen molar-refractivity contribution in [3.8, 4) is 0 Å². The summed E-state index contributed by atoms with van der Waals surface area (Å²) >= 11 is 1.56. The smallest absolute Gasteiger partial charge is 0.243 e. The molecule has 1 aromatic heterocycles. The fourth-order valence-corrected chi connectivity index (χ4v) is 4.57. The Morgan fingerprint density at radius 3 is 2.59 bits per heavy atom. The summed E-state index contributed by atoms with van der Waals surface area (Å²) in [4.78, 5) is 0.365. The topological polar surface area (TPSA) is 46.6 Å². The van der Waals surface area contributed by atoms with E-state index in [0.717, 1.165) is 16.7 Å². The Balaban J connectivity index is 2.35. The molecule has 120 valence electrons. The van der Waals surface area contributed by atoms with Crippen LogP contribution < -0.4 is 0 Å². The lowest BCUT2D eigenvalue weighted by molar-refractivity contribution is 0.177. The highest BCUT2D eigenvalue weighted by molar-refractivity contribution is 7.89. The van der Waals surface area contributed by atoms with Gasteiger partial charge in [-0.2, -0.15) is 15.6 Å². The lowest BCUT2D eigenvalue weighted by Gasteiger charge is -2.22. The molecule has 0 saturated carbocycles. The van der Waals surface area contributed by atoms with E-state index >= 15 is 0 Å². The molecule has 0 N–H and O–H groups in total. The lowest BCUT2D eigenvalue weighted by atomic mass is 10.2. The first-order valence-electron chi connectivity index (χ1n) is 7.02. The van der Waals surface area contributed by atoms with Crippen LogP contribution in [0.15, 0.2) is 39.9 Å². The van der Waals surface area contributed by atoms with Crippen LogP contribution in [0.3, 0.4) is 0 Å². The van der Waals surface area contributed by atoms with E-state index in [-0.39, 0.29) is 0 Å². The van der Waals surface area contributed by atoms with Crippen molar-refractivity contribution >= 4 is 21.4 Å². The molecule has 0 bridgehead atoms. The molecule has 0 radical (unpaired) electrons. The fraction of sp³-hybridized carbons (Fsp3) is 0.375. The molecule has 0 aliphatic heterocycles. The van der Waals surface area contributed by atoms with Crippen molar-refractivity contribution in [2.45, 2.75) is 25.3 Å². The minimum absolute atomic E-state index is 0.335. The van der Waals surface area contributed by atoms with Crippen molar-refractivity contribution in [2.24, 2.45) is 0 Å². The maximum Gasteiger partial charge on any atom is 0.243 e. The molecular formula is C16H21NO3S2. The third-order valence-electron chi connectivity index (χ3n) is 3.43. The van der Waals surface area contributed by atoms with Crippen molar-refractivity contribution < 1.29 is 13.2 Å². The van der Waals surface area contributed by atoms with Crippen LogP contribution in [0.4, 0.5) is 0 Å². The summed E-state index contributed by atoms with van der Waals surface area (Å²) in [5.41, 5.74) is 2.82. The zero-order chi connectivity index (χ0) is 16.2. The van der Waals surface area contributed by atoms with Crippen LogP contribution in [0.2, 0.25) is 0 Å². The summed E-state index contributed by atoms with van der Waals surface area (Å²) in [6.07, 6.45) is 0. The molecule has 0 aliphatic carbocycles. The van der Waals surface area contributed by atoms with E-state index in [4.69, 9.17) is 4.74 Å². The third kappa shape index (κ3) is 3.95. The normalized spacial score (nSPS) is 12.0. The second kappa shape index (κ2) is 7.37. The molecular weight excluding hydrogens is 318 g/mol. The number of benzene rings is 1. The van der Waals surface area contributed by atoms with Gasteiger partial charge in [0.15, 0.2) is 0 Å². The molecule has 6 heteroatoms. The van der Waals surface area contributed by atoms with Crippen LogP contribution in [0.25, 0.3) is 0 Å². The van der Waals surface area contributed by atoms with Crippen molar-refractivity contribution in [2.75, 3.05) is 20.3 Å². The van der Waals surface area contributed by atoms with Crippen molar-refractivity contribution in [3.05, 3.63) is 51.7 Å². The molecule has 0 spiro atoms. The molecule has 4 nitrogen and oxygen atoms in total. The van der Waals surface area contributed by atoms with Gasteiger partial charge >= 0.3 is 0 Å². The monoisotopic (exact) mass is 339 g/mol. The lowest BCUT2D eigenvalue weighted by Crippen LogP contribution is -2.33. The van der Waals surface area contributed by atoms with Crippen LogP contribution in [0.1, 0.15) is 16.7 Å². The molecule has 0 amide bonds. The quantitative estimate of drug-likeness (QED) is 0.778. The molecule has 0 saturated heterocycles. The number of hydrogen-bond donors (Lipinski definition) is 0. The van der Waals surface area contributed by atoms with Crippen LogP contribution >= 0.6 is 11.3 Å². The number of methoxy groups -OCH3 is 1. The molecule has 0 aliphatic rings. The first-order chi connectivity index (χ1) is 10.4. The second-order valence-electron chi connectivity index (χ2n) is 5.23. The van der Waals surface area contributed by atoms with Gasteiger partial charge in [0.25, 0.3) is 0 Å². The molecule has 22 heavy (non-hydrogen) atoms. The van der Waals surface area contributed by atoms with Gasteiger partial charge in [-0.25, -0.2) is 8.42 Å². The summed E-state index contributed by atoms with van der Waals surface area (Å²) in [5.74, 6) is 0. The van der Waals surface area contributed by atoms with Gasteiger partial charge in [0, 0.05) is 20.2 Å². The number of sulfonamides is 1. The number of hydrogen-bond acceptors (Lipinski definition) is 4. The van der Waals surface area contributed by atoms with E-state index in [1.165, 1.54) is 4.31 Å². The number of nitrogens with zero attached hydrogens (tertiary/aromatic N) is 1. The Kier molecular flexibility index (Phi) is 5.74. The maximum atomic E-state index is 13.0. The zero-order valence-electron chi connectivity index (χ0n) is 13.1. The highest BCUT2D eigenvalue weighted by Crippen LogP contribution is 2.23. The SMILES string of the molecule is COCCN(Cc1ccsc1)S(=O)(=O)c1ccc(C)cc1C. The first kappa shape index (κ1) is 17.1. The summed E-state index contributed by atoms with van der Waals surface area (Å²) in [5, 5.41) is 3.92. The van der Waals surface area contributed by atoms with Gasteiger partial charge in [-0.3, -0.25) is 0 Å². The van der Waals surface area contributed by atoms with E-state index in [9.17, 15) is 8.42 Å². The predicted molar refractivity (Wildman–Crippen MR) is 89.7 cm³/mol. The number of rotatable bonds is 7. The number of ether oxygens (including phenoxy) is 1. The Morgan fingerprint density at radius 1 is 1.23 bits per heavy atom. The first-order valence-corrected chi connectivity index (χ1v) is 9.41. The Labute approximate surface area is 136 Å². The summed E-state index contributed by atoms with van der Waals surface area (Å²) in [6, 6.07) is 7.36. The largest absolute Gasteiger partial charge is 0.383 e. The highest BCUT2D eigenvalue weighted by Gasteiger charge is 2.26. The summed E-state index contributed by atoms with van der Waals surface area (Å²) in [6.45, 7) is 4.86. The molecule has 0 fully saturated rings. The summed E-state index contributed by atoms with van der Waals surface area (Å²) in [7, 11) is -1.96. The standard InChI is InChI=1S/C16H21NO3S2/c1-13-4-5-16(14(2)10-13)22(18,19)17(7-8-20-3)11-15-6-9-21-12-15/h4-6,9-10,12H,7-8,11H2,1-3H3. The van der Waals surface area contributed by atoms with Crippen molar-refractivity contribution in [1.29, 1.82) is 0 Å². The van der Waals surface area contributed by atoms with Crippen LogP contribution in [0, 0.1) is 13.8 Å². The highest BCUT2D eigenvalue weighted by atomic mass is 32.2. The number of thiophene rings is 1. The van der Waals surface area contributed by atoms with Gasteiger partial charge in [0.2, 0.25) is 10.0 Å². The van der Waals surface area contributed by atoms with Gasteiger partial charge in [-0.05, 0) is 47.9 Å². The van der Waals surface area contributed by atoms with Gasteiger partial charge < -0.3 is 4.74 Å². The molecule has 2 rings (SSSR count). The second-order valence-corrected chi connectivity index (χ2v) is 7.92. The van der Waals surface area contributed by atoms with E-state index in [2.05, 4.69) is 0 Å². The Hall–Kier alpha value is -1.21. The van der Waals surface area contributed by atoms with Crippen LogP contribution in [0.5, 0.6) is 0 Å².